The molecule has 0 aliphatic carbocycles. The van der Waals surface area contributed by atoms with Crippen molar-refractivity contribution in [2.45, 2.75) is 42.8 Å². The van der Waals surface area contributed by atoms with Gasteiger partial charge in [0.2, 0.25) is 10.0 Å². The Kier molecular flexibility index (Phi) is 10.5. The van der Waals surface area contributed by atoms with Crippen LogP contribution < -0.4 is 15.8 Å². The van der Waals surface area contributed by atoms with Crippen LogP contribution in [0.2, 0.25) is 0 Å². The Labute approximate surface area is 245 Å². The van der Waals surface area contributed by atoms with E-state index in [4.69, 9.17) is 15.2 Å². The molecule has 1 saturated heterocycles. The first-order valence-corrected chi connectivity index (χ1v) is 14.2. The lowest BCUT2D eigenvalue weighted by molar-refractivity contribution is -0.149. The molecule has 3 N–H and O–H groups in total. The van der Waals surface area contributed by atoms with Gasteiger partial charge >= 0.3 is 5.97 Å². The van der Waals surface area contributed by atoms with Gasteiger partial charge < -0.3 is 20.5 Å². The van der Waals surface area contributed by atoms with E-state index < -0.39 is 46.0 Å². The lowest BCUT2D eigenvalue weighted by Gasteiger charge is -2.48. The fraction of sp³-hybridized carbons (Fsp3) is 0.310. The molecular weight excluding hydrogens is 573 g/mol. The number of carbonyl (C=O) groups excluding carboxylic acids is 2. The number of amides is 1. The Hall–Kier alpha value is -3.51. The summed E-state index contributed by atoms with van der Waals surface area (Å²) >= 11 is 0. The van der Waals surface area contributed by atoms with Gasteiger partial charge in [-0.05, 0) is 55.7 Å². The molecule has 3 aromatic rings. The molecule has 12 heteroatoms. The lowest BCUT2D eigenvalue weighted by atomic mass is 9.87. The van der Waals surface area contributed by atoms with E-state index in [1.54, 1.807) is 32.0 Å². The zero-order valence-corrected chi connectivity index (χ0v) is 24.3. The van der Waals surface area contributed by atoms with Gasteiger partial charge in [-0.15, -0.1) is 12.4 Å². The van der Waals surface area contributed by atoms with Crippen LogP contribution in [0.5, 0.6) is 5.75 Å². The number of nitrogens with one attached hydrogen (secondary N) is 1. The number of hydrogen-bond donors (Lipinski definition) is 2. The van der Waals surface area contributed by atoms with Crippen molar-refractivity contribution in [1.82, 2.24) is 9.62 Å². The maximum absolute atomic E-state index is 13.8. The highest BCUT2D eigenvalue weighted by Gasteiger charge is 2.52. The predicted octanol–water partition coefficient (Wildman–Crippen LogP) is 3.16. The second-order valence-corrected chi connectivity index (χ2v) is 11.9. The molecule has 1 aliphatic heterocycles. The average Bonchev–Trinajstić information content (AvgIpc) is 2.89. The van der Waals surface area contributed by atoms with E-state index in [2.05, 4.69) is 5.32 Å². The number of nitrogens with zero attached hydrogens (tertiary/aromatic N) is 1. The summed E-state index contributed by atoms with van der Waals surface area (Å²) in [6, 6.07) is 19.9. The third kappa shape index (κ3) is 7.82. The summed E-state index contributed by atoms with van der Waals surface area (Å²) in [4.78, 5) is 24.0. The van der Waals surface area contributed by atoms with E-state index in [9.17, 15) is 22.4 Å². The minimum Gasteiger partial charge on any atom is -0.480 e. The number of esters is 1. The molecule has 9 nitrogen and oxygen atoms in total. The van der Waals surface area contributed by atoms with E-state index in [-0.39, 0.29) is 42.9 Å². The van der Waals surface area contributed by atoms with Crippen molar-refractivity contribution < 1.29 is 31.9 Å². The lowest BCUT2D eigenvalue weighted by Crippen LogP contribution is -2.64. The summed E-state index contributed by atoms with van der Waals surface area (Å²) in [5.74, 6) is -1.36. The molecular formula is C29H33ClFN3O6S. The molecule has 1 aliphatic rings. The van der Waals surface area contributed by atoms with Crippen molar-refractivity contribution >= 4 is 34.3 Å². The summed E-state index contributed by atoms with van der Waals surface area (Å²) in [5.41, 5.74) is 6.26. The quantitative estimate of drug-likeness (QED) is 0.321. The van der Waals surface area contributed by atoms with Gasteiger partial charge in [0.15, 0.2) is 12.2 Å². The van der Waals surface area contributed by atoms with Crippen molar-refractivity contribution in [2.24, 2.45) is 5.73 Å². The van der Waals surface area contributed by atoms with Crippen LogP contribution in [0.1, 0.15) is 25.0 Å². The fourth-order valence-electron chi connectivity index (χ4n) is 4.42. The monoisotopic (exact) mass is 605 g/mol. The van der Waals surface area contributed by atoms with E-state index in [0.29, 0.717) is 11.3 Å². The van der Waals surface area contributed by atoms with Gasteiger partial charge in [0.05, 0.1) is 18.0 Å². The molecule has 0 radical (unpaired) electrons. The van der Waals surface area contributed by atoms with Crippen LogP contribution >= 0.6 is 12.4 Å². The van der Waals surface area contributed by atoms with Crippen molar-refractivity contribution in [3.8, 4) is 5.75 Å². The molecule has 0 aromatic heterocycles. The summed E-state index contributed by atoms with van der Waals surface area (Å²) in [7, 11) is -3.92. The summed E-state index contributed by atoms with van der Waals surface area (Å²) in [6.07, 6.45) is 0.0185. The third-order valence-electron chi connectivity index (χ3n) is 6.36. The fourth-order valence-corrected chi connectivity index (χ4v) is 6.03. The summed E-state index contributed by atoms with van der Waals surface area (Å²) < 4.78 is 53.3. The van der Waals surface area contributed by atoms with Gasteiger partial charge in [0, 0.05) is 12.1 Å². The van der Waals surface area contributed by atoms with E-state index in [1.807, 2.05) is 30.3 Å². The zero-order valence-electron chi connectivity index (χ0n) is 22.7. The molecule has 1 atom stereocenters. The minimum absolute atomic E-state index is 0. The van der Waals surface area contributed by atoms with E-state index >= 15 is 0 Å². The number of carbonyl (C=O) groups is 2. The van der Waals surface area contributed by atoms with Crippen LogP contribution in [0.4, 0.5) is 4.39 Å². The van der Waals surface area contributed by atoms with Crippen molar-refractivity contribution in [3.05, 3.63) is 95.8 Å². The number of sulfonamides is 1. The Morgan fingerprint density at radius 2 is 1.71 bits per heavy atom. The Bertz CT molecular complexity index is 1470. The van der Waals surface area contributed by atoms with Crippen LogP contribution in [0.15, 0.2) is 83.8 Å². The molecule has 0 spiro atoms. The molecule has 41 heavy (non-hydrogen) atoms. The Morgan fingerprint density at radius 3 is 2.37 bits per heavy atom. The molecule has 0 bridgehead atoms. The Morgan fingerprint density at radius 1 is 1.02 bits per heavy atom. The zero-order chi connectivity index (χ0) is 28.9. The highest BCUT2D eigenvalue weighted by atomic mass is 35.5. The summed E-state index contributed by atoms with van der Waals surface area (Å²) in [5, 5.41) is 2.61. The molecule has 1 fully saturated rings. The number of rotatable bonds is 11. The molecule has 1 heterocycles. The van der Waals surface area contributed by atoms with Crippen LogP contribution in [-0.4, -0.2) is 56.4 Å². The standard InChI is InChI=1S/C29H32FN3O6S.ClH/c1-20(2)32-27(34)17-38-28(35)26(31)15-21-8-6-13-25(14-21)40(36,37)33-18-29(19-33,22-9-4-3-5-10-22)39-24-12-7-11-23(30)16-24;/h3-14,16,20,26H,15,17-19,31H2,1-2H3,(H,32,34);1H/t26-;/m0./s1. The van der Waals surface area contributed by atoms with E-state index in [1.165, 1.54) is 34.6 Å². The maximum Gasteiger partial charge on any atom is 0.323 e. The van der Waals surface area contributed by atoms with Gasteiger partial charge in [-0.25, -0.2) is 12.8 Å². The molecule has 220 valence electrons. The molecule has 0 saturated carbocycles. The first-order chi connectivity index (χ1) is 19.0. The van der Waals surface area contributed by atoms with Crippen LogP contribution in [-0.2, 0) is 36.4 Å². The van der Waals surface area contributed by atoms with Crippen LogP contribution in [0.3, 0.4) is 0 Å². The van der Waals surface area contributed by atoms with Gasteiger partial charge in [-0.2, -0.15) is 4.31 Å². The van der Waals surface area contributed by atoms with Crippen molar-refractivity contribution in [3.63, 3.8) is 0 Å². The van der Waals surface area contributed by atoms with Gasteiger partial charge in [-0.1, -0.05) is 48.5 Å². The smallest absolute Gasteiger partial charge is 0.323 e. The molecule has 4 rings (SSSR count). The first-order valence-electron chi connectivity index (χ1n) is 12.8. The summed E-state index contributed by atoms with van der Waals surface area (Å²) in [6.45, 7) is 3.15. The number of halogens is 2. The third-order valence-corrected chi connectivity index (χ3v) is 8.15. The average molecular weight is 606 g/mol. The molecule has 3 aromatic carbocycles. The number of ether oxygens (including phenoxy) is 2. The highest BCUT2D eigenvalue weighted by molar-refractivity contribution is 7.89. The second kappa shape index (κ2) is 13.4. The van der Waals surface area contributed by atoms with Gasteiger partial charge in [0.25, 0.3) is 5.91 Å². The topological polar surface area (TPSA) is 128 Å². The highest BCUT2D eigenvalue weighted by Crippen LogP contribution is 2.40. The van der Waals surface area contributed by atoms with Crippen LogP contribution in [0, 0.1) is 5.82 Å². The second-order valence-electron chi connectivity index (χ2n) is 9.98. The Balaban J connectivity index is 0.00000462. The number of benzene rings is 3. The largest absolute Gasteiger partial charge is 0.480 e. The number of hydrogen-bond acceptors (Lipinski definition) is 7. The SMILES string of the molecule is CC(C)NC(=O)COC(=O)[C@@H](N)Cc1cccc(S(=O)(=O)N2CC(Oc3cccc(F)c3)(c3ccccc3)C2)c1.Cl. The minimum atomic E-state index is -3.92. The number of nitrogens with two attached hydrogens (primary N) is 1. The van der Waals surface area contributed by atoms with Crippen molar-refractivity contribution in [1.29, 1.82) is 0 Å². The van der Waals surface area contributed by atoms with Crippen LogP contribution in [0.25, 0.3) is 0 Å². The van der Waals surface area contributed by atoms with Gasteiger partial charge in [-0.3, -0.25) is 9.59 Å². The van der Waals surface area contributed by atoms with Crippen molar-refractivity contribution in [2.75, 3.05) is 19.7 Å². The maximum atomic E-state index is 13.8. The molecule has 1 amide bonds. The van der Waals surface area contributed by atoms with Gasteiger partial charge in [0.1, 0.15) is 17.6 Å². The molecule has 0 unspecified atom stereocenters. The predicted molar refractivity (Wildman–Crippen MR) is 154 cm³/mol. The van der Waals surface area contributed by atoms with E-state index in [0.717, 1.165) is 5.56 Å². The normalized spacial score (nSPS) is 15.2. The first kappa shape index (κ1) is 32.0.